The molecule has 0 atom stereocenters. The number of aromatic nitrogens is 3. The minimum atomic E-state index is -3.25. The zero-order valence-electron chi connectivity index (χ0n) is 16.7. The van der Waals surface area contributed by atoms with Crippen LogP contribution in [0.1, 0.15) is 44.1 Å². The molecule has 0 bridgehead atoms. The third kappa shape index (κ3) is 5.21. The number of aryl methyl sites for hydroxylation is 2. The van der Waals surface area contributed by atoms with Gasteiger partial charge in [-0.3, -0.25) is 0 Å². The molecule has 9 heteroatoms. The van der Waals surface area contributed by atoms with E-state index >= 15 is 0 Å². The number of anilines is 1. The summed E-state index contributed by atoms with van der Waals surface area (Å²) in [6.07, 6.45) is 6.21. The van der Waals surface area contributed by atoms with Gasteiger partial charge < -0.3 is 14.2 Å². The Labute approximate surface area is 166 Å². The molecule has 1 aliphatic rings. The van der Waals surface area contributed by atoms with Crippen molar-refractivity contribution in [1.82, 2.24) is 15.1 Å². The molecule has 2 aromatic heterocycles. The largest absolute Gasteiger partial charge is 0.478 e. The highest BCUT2D eigenvalue weighted by molar-refractivity contribution is 7.90. The average molecular weight is 409 g/mol. The van der Waals surface area contributed by atoms with Crippen LogP contribution in [0, 0.1) is 12.8 Å². The Morgan fingerprint density at radius 3 is 2.61 bits per heavy atom. The van der Waals surface area contributed by atoms with E-state index in [0.717, 1.165) is 51.0 Å². The highest BCUT2D eigenvalue weighted by Crippen LogP contribution is 2.25. The van der Waals surface area contributed by atoms with Crippen molar-refractivity contribution in [2.24, 2.45) is 5.92 Å². The number of sulfone groups is 1. The summed E-state index contributed by atoms with van der Waals surface area (Å²) in [4.78, 5) is 11.1. The standard InChI is InChI=1S/C19H28N4O4S/c1-4-17-21-19(27-22-17)23-11-9-15(10-12-23)6-5-13-26-18-8-7-16(14(2)20-18)28(3,24)25/h7-8,15H,4-6,9-13H2,1-3H3. The van der Waals surface area contributed by atoms with E-state index in [9.17, 15) is 8.42 Å². The van der Waals surface area contributed by atoms with Crippen LogP contribution in [-0.2, 0) is 16.3 Å². The molecular formula is C19H28N4O4S. The molecule has 0 radical (unpaired) electrons. The molecule has 1 fully saturated rings. The minimum Gasteiger partial charge on any atom is -0.478 e. The first-order chi connectivity index (χ1) is 13.4. The van der Waals surface area contributed by atoms with Crippen molar-refractivity contribution in [2.75, 3.05) is 30.9 Å². The van der Waals surface area contributed by atoms with Gasteiger partial charge in [0.1, 0.15) is 0 Å². The van der Waals surface area contributed by atoms with E-state index in [1.54, 1.807) is 19.1 Å². The molecule has 1 saturated heterocycles. The smallest absolute Gasteiger partial charge is 0.324 e. The maximum atomic E-state index is 11.6. The lowest BCUT2D eigenvalue weighted by atomic mass is 9.92. The van der Waals surface area contributed by atoms with Gasteiger partial charge in [0, 0.05) is 31.8 Å². The zero-order chi connectivity index (χ0) is 20.1. The van der Waals surface area contributed by atoms with Crippen LogP contribution >= 0.6 is 0 Å². The van der Waals surface area contributed by atoms with Gasteiger partial charge in [0.2, 0.25) is 5.88 Å². The number of hydrogen-bond acceptors (Lipinski definition) is 8. The monoisotopic (exact) mass is 408 g/mol. The summed E-state index contributed by atoms with van der Waals surface area (Å²) < 4.78 is 34.3. The molecule has 1 aliphatic heterocycles. The van der Waals surface area contributed by atoms with E-state index in [2.05, 4.69) is 20.0 Å². The third-order valence-electron chi connectivity index (χ3n) is 5.08. The van der Waals surface area contributed by atoms with Crippen molar-refractivity contribution in [3.8, 4) is 5.88 Å². The van der Waals surface area contributed by atoms with Crippen molar-refractivity contribution >= 4 is 15.9 Å². The van der Waals surface area contributed by atoms with Gasteiger partial charge in [-0.2, -0.15) is 4.98 Å². The predicted octanol–water partition coefficient (Wildman–Crippen LogP) is 2.81. The van der Waals surface area contributed by atoms with Gasteiger partial charge in [-0.1, -0.05) is 12.1 Å². The van der Waals surface area contributed by atoms with Crippen molar-refractivity contribution in [1.29, 1.82) is 0 Å². The number of piperidine rings is 1. The van der Waals surface area contributed by atoms with Gasteiger partial charge in [-0.05, 0) is 44.6 Å². The number of ether oxygens (including phenoxy) is 1. The Morgan fingerprint density at radius 2 is 2.00 bits per heavy atom. The highest BCUT2D eigenvalue weighted by atomic mass is 32.2. The topological polar surface area (TPSA) is 98.4 Å². The summed E-state index contributed by atoms with van der Waals surface area (Å²) >= 11 is 0. The SMILES string of the molecule is CCc1noc(N2CCC(CCCOc3ccc(S(C)(=O)=O)c(C)n3)CC2)n1. The molecule has 154 valence electrons. The van der Waals surface area contributed by atoms with Crippen LogP contribution in [0.4, 0.5) is 6.01 Å². The van der Waals surface area contributed by atoms with Gasteiger partial charge in [-0.25, -0.2) is 13.4 Å². The zero-order valence-corrected chi connectivity index (χ0v) is 17.5. The van der Waals surface area contributed by atoms with Crippen LogP contribution in [0.15, 0.2) is 21.6 Å². The summed E-state index contributed by atoms with van der Waals surface area (Å²) in [7, 11) is -3.25. The molecule has 3 heterocycles. The molecule has 0 saturated carbocycles. The van der Waals surface area contributed by atoms with Gasteiger partial charge in [0.25, 0.3) is 0 Å². The molecule has 0 amide bonds. The molecule has 8 nitrogen and oxygen atoms in total. The van der Waals surface area contributed by atoms with Crippen molar-refractivity contribution in [3.05, 3.63) is 23.7 Å². The van der Waals surface area contributed by atoms with Gasteiger partial charge in [0.15, 0.2) is 15.7 Å². The fourth-order valence-electron chi connectivity index (χ4n) is 3.48. The summed E-state index contributed by atoms with van der Waals surface area (Å²) in [6, 6.07) is 3.82. The van der Waals surface area contributed by atoms with Gasteiger partial charge in [-0.15, -0.1) is 0 Å². The first-order valence-electron chi connectivity index (χ1n) is 9.75. The van der Waals surface area contributed by atoms with Crippen molar-refractivity contribution in [3.63, 3.8) is 0 Å². The second-order valence-electron chi connectivity index (χ2n) is 7.27. The lowest BCUT2D eigenvalue weighted by Gasteiger charge is -2.30. The van der Waals surface area contributed by atoms with Crippen molar-refractivity contribution in [2.45, 2.75) is 50.8 Å². The van der Waals surface area contributed by atoms with E-state index < -0.39 is 9.84 Å². The Hall–Kier alpha value is -2.16. The van der Waals surface area contributed by atoms with Crippen LogP contribution in [0.25, 0.3) is 0 Å². The molecule has 0 spiro atoms. The fourth-order valence-corrected chi connectivity index (χ4v) is 4.37. The first-order valence-corrected chi connectivity index (χ1v) is 11.6. The molecule has 28 heavy (non-hydrogen) atoms. The summed E-state index contributed by atoms with van der Waals surface area (Å²) in [5.41, 5.74) is 0.472. The number of pyridine rings is 1. The van der Waals surface area contributed by atoms with E-state index in [1.165, 1.54) is 6.26 Å². The Balaban J connectivity index is 1.39. The third-order valence-corrected chi connectivity index (χ3v) is 6.31. The van der Waals surface area contributed by atoms with Crippen molar-refractivity contribution < 1.29 is 17.7 Å². The van der Waals surface area contributed by atoms with Crippen LogP contribution in [0.5, 0.6) is 5.88 Å². The van der Waals surface area contributed by atoms with E-state index in [1.807, 2.05) is 6.92 Å². The summed E-state index contributed by atoms with van der Waals surface area (Å²) in [5, 5.41) is 3.96. The predicted molar refractivity (Wildman–Crippen MR) is 105 cm³/mol. The Bertz CT molecular complexity index is 889. The lowest BCUT2D eigenvalue weighted by molar-refractivity contribution is 0.268. The number of rotatable bonds is 8. The molecular weight excluding hydrogens is 380 g/mol. The second-order valence-corrected chi connectivity index (χ2v) is 9.26. The molecule has 0 N–H and O–H groups in total. The molecule has 0 aliphatic carbocycles. The van der Waals surface area contributed by atoms with Crippen LogP contribution in [-0.4, -0.2) is 49.5 Å². The number of nitrogens with zero attached hydrogens (tertiary/aromatic N) is 4. The van der Waals surface area contributed by atoms with Crippen LogP contribution in [0.2, 0.25) is 0 Å². The molecule has 2 aromatic rings. The molecule has 0 aromatic carbocycles. The van der Waals surface area contributed by atoms with Gasteiger partial charge >= 0.3 is 6.01 Å². The average Bonchev–Trinajstić information content (AvgIpc) is 3.14. The molecule has 0 unspecified atom stereocenters. The summed E-state index contributed by atoms with van der Waals surface area (Å²) in [5.74, 6) is 1.89. The highest BCUT2D eigenvalue weighted by Gasteiger charge is 2.22. The second kappa shape index (κ2) is 8.89. The lowest BCUT2D eigenvalue weighted by Crippen LogP contribution is -2.34. The Morgan fingerprint density at radius 1 is 1.25 bits per heavy atom. The first kappa shape index (κ1) is 20.6. The quantitative estimate of drug-likeness (QED) is 0.615. The van der Waals surface area contributed by atoms with E-state index in [0.29, 0.717) is 30.1 Å². The van der Waals surface area contributed by atoms with Crippen LogP contribution in [0.3, 0.4) is 0 Å². The normalized spacial score (nSPS) is 15.8. The Kier molecular flexibility index (Phi) is 6.53. The fraction of sp³-hybridized carbons (Fsp3) is 0.632. The maximum absolute atomic E-state index is 11.6. The number of hydrogen-bond donors (Lipinski definition) is 0. The minimum absolute atomic E-state index is 0.249. The maximum Gasteiger partial charge on any atom is 0.324 e. The van der Waals surface area contributed by atoms with Crippen LogP contribution < -0.4 is 9.64 Å². The van der Waals surface area contributed by atoms with E-state index in [-0.39, 0.29) is 4.90 Å². The van der Waals surface area contributed by atoms with Gasteiger partial charge in [0.05, 0.1) is 17.2 Å². The molecule has 3 rings (SSSR count). The summed E-state index contributed by atoms with van der Waals surface area (Å²) in [6.45, 7) is 6.15. The van der Waals surface area contributed by atoms with E-state index in [4.69, 9.17) is 9.26 Å².